The Kier molecular flexibility index (Phi) is 5.41. The number of amides is 1. The second kappa shape index (κ2) is 7.28. The largest absolute Gasteiger partial charge is 0.339 e. The molecule has 1 fully saturated rings. The van der Waals surface area contributed by atoms with E-state index in [2.05, 4.69) is 25.7 Å². The number of hydrogen-bond acceptors (Lipinski definition) is 2. The van der Waals surface area contributed by atoms with E-state index >= 15 is 0 Å². The van der Waals surface area contributed by atoms with Crippen LogP contribution in [0, 0.1) is 23.7 Å². The first-order valence-electron chi connectivity index (χ1n) is 7.70. The number of likely N-dealkylation sites (tertiary alicyclic amines) is 1. The number of nitrogens with two attached hydrogens (primary N) is 1. The minimum absolute atomic E-state index is 0.0964. The first-order valence-corrected chi connectivity index (χ1v) is 7.70. The van der Waals surface area contributed by atoms with Gasteiger partial charge in [-0.15, -0.1) is 0 Å². The molecule has 0 unspecified atom stereocenters. The van der Waals surface area contributed by atoms with Gasteiger partial charge in [0.05, 0.1) is 12.1 Å². The summed E-state index contributed by atoms with van der Waals surface area (Å²) in [6, 6.07) is 7.54. The molecule has 1 aromatic rings. The summed E-state index contributed by atoms with van der Waals surface area (Å²) in [5.41, 5.74) is 6.89. The van der Waals surface area contributed by atoms with Gasteiger partial charge in [0, 0.05) is 18.7 Å². The molecule has 1 heterocycles. The Labute approximate surface area is 127 Å². The fraction of sp³-hybridized carbons (Fsp3) is 0.500. The van der Waals surface area contributed by atoms with E-state index in [1.807, 2.05) is 29.2 Å². The van der Waals surface area contributed by atoms with E-state index < -0.39 is 0 Å². The Hall–Kier alpha value is -1.79. The third-order valence-corrected chi connectivity index (χ3v) is 4.25. The van der Waals surface area contributed by atoms with Crippen LogP contribution in [0.15, 0.2) is 24.3 Å². The maximum Gasteiger partial charge on any atom is 0.255 e. The summed E-state index contributed by atoms with van der Waals surface area (Å²) < 4.78 is 0. The summed E-state index contributed by atoms with van der Waals surface area (Å²) in [6.45, 7) is 6.53. The molecule has 0 aliphatic carbocycles. The quantitative estimate of drug-likeness (QED) is 0.848. The standard InChI is InChI=1S/C18H24N2O/c1-14(2)15-9-12-20(13-10-15)18(21)17-8-4-3-6-16(17)7-5-11-19/h3-4,6,8,14-15H,9-13,19H2,1-2H3. The Morgan fingerprint density at radius 2 is 2.00 bits per heavy atom. The summed E-state index contributed by atoms with van der Waals surface area (Å²) >= 11 is 0. The lowest BCUT2D eigenvalue weighted by atomic mass is 9.86. The summed E-state index contributed by atoms with van der Waals surface area (Å²) in [5, 5.41) is 0. The van der Waals surface area contributed by atoms with Gasteiger partial charge in [-0.25, -0.2) is 0 Å². The van der Waals surface area contributed by atoms with Crippen molar-refractivity contribution in [3.63, 3.8) is 0 Å². The number of nitrogens with zero attached hydrogens (tertiary/aromatic N) is 1. The van der Waals surface area contributed by atoms with E-state index in [-0.39, 0.29) is 5.91 Å². The zero-order valence-electron chi connectivity index (χ0n) is 12.9. The van der Waals surface area contributed by atoms with Gasteiger partial charge in [0.1, 0.15) is 0 Å². The van der Waals surface area contributed by atoms with Crippen molar-refractivity contribution in [2.24, 2.45) is 17.6 Å². The Morgan fingerprint density at radius 3 is 2.62 bits per heavy atom. The molecule has 1 aliphatic rings. The van der Waals surface area contributed by atoms with Crippen LogP contribution in [0.3, 0.4) is 0 Å². The lowest BCUT2D eigenvalue weighted by Gasteiger charge is -2.34. The van der Waals surface area contributed by atoms with Gasteiger partial charge in [-0.1, -0.05) is 37.8 Å². The van der Waals surface area contributed by atoms with Crippen molar-refractivity contribution < 1.29 is 4.79 Å². The molecular weight excluding hydrogens is 260 g/mol. The van der Waals surface area contributed by atoms with Crippen LogP contribution >= 0.6 is 0 Å². The summed E-state index contributed by atoms with van der Waals surface area (Å²) in [4.78, 5) is 14.6. The summed E-state index contributed by atoms with van der Waals surface area (Å²) in [7, 11) is 0. The lowest BCUT2D eigenvalue weighted by Crippen LogP contribution is -2.39. The Morgan fingerprint density at radius 1 is 1.33 bits per heavy atom. The zero-order valence-corrected chi connectivity index (χ0v) is 12.9. The van der Waals surface area contributed by atoms with Gasteiger partial charge in [0.2, 0.25) is 0 Å². The number of carbonyl (C=O) groups excluding carboxylic acids is 1. The maximum absolute atomic E-state index is 12.7. The van der Waals surface area contributed by atoms with Crippen LogP contribution < -0.4 is 5.73 Å². The highest BCUT2D eigenvalue weighted by Gasteiger charge is 2.25. The highest BCUT2D eigenvalue weighted by molar-refractivity contribution is 5.96. The van der Waals surface area contributed by atoms with Gasteiger partial charge in [-0.2, -0.15) is 0 Å². The van der Waals surface area contributed by atoms with Crippen LogP contribution in [-0.2, 0) is 0 Å². The van der Waals surface area contributed by atoms with Crippen molar-refractivity contribution in [3.05, 3.63) is 35.4 Å². The average molecular weight is 284 g/mol. The molecule has 0 bridgehead atoms. The average Bonchev–Trinajstić information content (AvgIpc) is 2.52. The molecule has 0 saturated carbocycles. The van der Waals surface area contributed by atoms with Gasteiger partial charge in [0.25, 0.3) is 5.91 Å². The second-order valence-corrected chi connectivity index (χ2v) is 5.93. The van der Waals surface area contributed by atoms with E-state index in [1.165, 1.54) is 0 Å². The number of benzene rings is 1. The third kappa shape index (κ3) is 3.86. The van der Waals surface area contributed by atoms with Crippen LogP contribution in [0.4, 0.5) is 0 Å². The maximum atomic E-state index is 12.7. The molecule has 2 rings (SSSR count). The number of piperidine rings is 1. The predicted molar refractivity (Wildman–Crippen MR) is 85.8 cm³/mol. The molecule has 1 aromatic carbocycles. The molecule has 0 atom stereocenters. The van der Waals surface area contributed by atoms with Crippen LogP contribution in [0.25, 0.3) is 0 Å². The van der Waals surface area contributed by atoms with E-state index in [4.69, 9.17) is 5.73 Å². The highest BCUT2D eigenvalue weighted by Crippen LogP contribution is 2.25. The van der Waals surface area contributed by atoms with Crippen molar-refractivity contribution in [3.8, 4) is 11.8 Å². The van der Waals surface area contributed by atoms with Gasteiger partial charge in [-0.3, -0.25) is 4.79 Å². The van der Waals surface area contributed by atoms with Crippen molar-refractivity contribution >= 4 is 5.91 Å². The number of hydrogen-bond donors (Lipinski definition) is 1. The zero-order chi connectivity index (χ0) is 15.2. The van der Waals surface area contributed by atoms with E-state index in [0.29, 0.717) is 18.0 Å². The molecule has 112 valence electrons. The van der Waals surface area contributed by atoms with Crippen molar-refractivity contribution in [2.75, 3.05) is 19.6 Å². The molecule has 0 radical (unpaired) electrons. The van der Waals surface area contributed by atoms with Crippen molar-refractivity contribution in [1.29, 1.82) is 0 Å². The molecule has 1 aliphatic heterocycles. The summed E-state index contributed by atoms with van der Waals surface area (Å²) in [5.74, 6) is 7.36. The van der Waals surface area contributed by atoms with Crippen LogP contribution in [0.2, 0.25) is 0 Å². The van der Waals surface area contributed by atoms with Crippen molar-refractivity contribution in [2.45, 2.75) is 26.7 Å². The number of rotatable bonds is 2. The first-order chi connectivity index (χ1) is 10.1. The fourth-order valence-electron chi connectivity index (χ4n) is 2.86. The van der Waals surface area contributed by atoms with Gasteiger partial charge >= 0.3 is 0 Å². The third-order valence-electron chi connectivity index (χ3n) is 4.25. The van der Waals surface area contributed by atoms with Gasteiger partial charge in [-0.05, 0) is 36.8 Å². The number of carbonyl (C=O) groups is 1. The topological polar surface area (TPSA) is 46.3 Å². The molecule has 2 N–H and O–H groups in total. The molecule has 1 saturated heterocycles. The van der Waals surface area contributed by atoms with Gasteiger partial charge in [0.15, 0.2) is 0 Å². The first kappa shape index (κ1) is 15.6. The van der Waals surface area contributed by atoms with Crippen LogP contribution in [0.1, 0.15) is 42.6 Å². The Balaban J connectivity index is 2.11. The van der Waals surface area contributed by atoms with Crippen LogP contribution in [0.5, 0.6) is 0 Å². The van der Waals surface area contributed by atoms with Crippen LogP contribution in [-0.4, -0.2) is 30.4 Å². The molecule has 3 heteroatoms. The van der Waals surface area contributed by atoms with E-state index in [1.54, 1.807) is 0 Å². The molecule has 1 amide bonds. The predicted octanol–water partition coefficient (Wildman–Crippen LogP) is 2.51. The minimum atomic E-state index is 0.0964. The normalized spacial score (nSPS) is 15.7. The lowest BCUT2D eigenvalue weighted by molar-refractivity contribution is 0.0667. The van der Waals surface area contributed by atoms with Gasteiger partial charge < -0.3 is 10.6 Å². The highest BCUT2D eigenvalue weighted by atomic mass is 16.2. The Bertz CT molecular complexity index is 546. The van der Waals surface area contributed by atoms with E-state index in [9.17, 15) is 4.79 Å². The molecule has 0 spiro atoms. The minimum Gasteiger partial charge on any atom is -0.339 e. The fourth-order valence-corrected chi connectivity index (χ4v) is 2.86. The molecule has 21 heavy (non-hydrogen) atoms. The molecule has 0 aromatic heterocycles. The molecular formula is C18H24N2O. The molecule has 3 nitrogen and oxygen atoms in total. The van der Waals surface area contributed by atoms with E-state index in [0.717, 1.165) is 37.4 Å². The second-order valence-electron chi connectivity index (χ2n) is 5.93. The smallest absolute Gasteiger partial charge is 0.255 e. The monoisotopic (exact) mass is 284 g/mol. The summed E-state index contributed by atoms with van der Waals surface area (Å²) in [6.07, 6.45) is 2.19. The van der Waals surface area contributed by atoms with Crippen molar-refractivity contribution in [1.82, 2.24) is 4.90 Å². The SMILES string of the molecule is CC(C)C1CCN(C(=O)c2ccccc2C#CCN)CC1.